The number of hydrogen-bond donors (Lipinski definition) is 0. The fourth-order valence-electron chi connectivity index (χ4n) is 2.12. The monoisotopic (exact) mass is 155 g/mol. The van der Waals surface area contributed by atoms with Crippen molar-refractivity contribution in [2.45, 2.75) is 52.0 Å². The molecule has 1 unspecified atom stereocenters. The van der Waals surface area contributed by atoms with Crippen LogP contribution < -0.4 is 0 Å². The molecule has 0 saturated carbocycles. The second-order valence-corrected chi connectivity index (χ2v) is 3.54. The number of hydrogen-bond acceptors (Lipinski definition) is 1. The van der Waals surface area contributed by atoms with Crippen LogP contribution in [-0.4, -0.2) is 24.0 Å². The molecular formula is C10H21N. The van der Waals surface area contributed by atoms with Gasteiger partial charge in [0.25, 0.3) is 0 Å². The van der Waals surface area contributed by atoms with Crippen LogP contribution in [0.2, 0.25) is 0 Å². The summed E-state index contributed by atoms with van der Waals surface area (Å²) in [5, 5.41) is 0. The molecule has 0 aromatic heterocycles. The lowest BCUT2D eigenvalue weighted by atomic mass is 10.1. The molecular weight excluding hydrogens is 134 g/mol. The molecule has 1 nitrogen and oxygen atoms in total. The van der Waals surface area contributed by atoms with E-state index in [0.29, 0.717) is 0 Å². The first kappa shape index (κ1) is 9.05. The number of nitrogens with zero attached hydrogens (tertiary/aromatic N) is 1. The van der Waals surface area contributed by atoms with Gasteiger partial charge in [-0.25, -0.2) is 0 Å². The van der Waals surface area contributed by atoms with E-state index in [2.05, 4.69) is 18.7 Å². The quantitative estimate of drug-likeness (QED) is 0.592. The van der Waals surface area contributed by atoms with Crippen molar-refractivity contribution in [3.63, 3.8) is 0 Å². The molecule has 1 aliphatic heterocycles. The van der Waals surface area contributed by atoms with Gasteiger partial charge >= 0.3 is 0 Å². The lowest BCUT2D eigenvalue weighted by molar-refractivity contribution is 0.205. The Morgan fingerprint density at radius 3 is 2.64 bits per heavy atom. The Kier molecular flexibility index (Phi) is 3.92. The maximum absolute atomic E-state index is 2.65. The Morgan fingerprint density at radius 1 is 1.18 bits per heavy atom. The smallest absolute Gasteiger partial charge is 0.00925 e. The summed E-state index contributed by atoms with van der Waals surface area (Å²) in [7, 11) is 0. The minimum Gasteiger partial charge on any atom is -0.301 e. The zero-order valence-electron chi connectivity index (χ0n) is 7.97. The molecule has 1 atom stereocenters. The molecule has 0 amide bonds. The molecule has 1 aliphatic rings. The van der Waals surface area contributed by atoms with Crippen LogP contribution in [0.1, 0.15) is 46.0 Å². The predicted octanol–water partition coefficient (Wildman–Crippen LogP) is 2.66. The molecule has 1 heteroatoms. The van der Waals surface area contributed by atoms with Crippen LogP contribution in [-0.2, 0) is 0 Å². The third-order valence-corrected chi connectivity index (χ3v) is 2.88. The van der Waals surface area contributed by atoms with Crippen LogP contribution >= 0.6 is 0 Å². The van der Waals surface area contributed by atoms with E-state index in [9.17, 15) is 0 Å². The first-order valence-electron chi connectivity index (χ1n) is 5.12. The lowest BCUT2D eigenvalue weighted by Crippen LogP contribution is -2.33. The van der Waals surface area contributed by atoms with Gasteiger partial charge in [0.2, 0.25) is 0 Å². The van der Waals surface area contributed by atoms with Crippen LogP contribution in [0, 0.1) is 0 Å². The Labute approximate surface area is 70.8 Å². The van der Waals surface area contributed by atoms with Gasteiger partial charge in [-0.2, -0.15) is 0 Å². The summed E-state index contributed by atoms with van der Waals surface area (Å²) in [6.07, 6.45) is 7.10. The fourth-order valence-corrected chi connectivity index (χ4v) is 2.12. The highest BCUT2D eigenvalue weighted by atomic mass is 15.1. The minimum absolute atomic E-state index is 0.891. The molecule has 1 heterocycles. The average molecular weight is 155 g/mol. The van der Waals surface area contributed by atoms with Crippen molar-refractivity contribution < 1.29 is 0 Å². The summed E-state index contributed by atoms with van der Waals surface area (Å²) in [6.45, 7) is 7.19. The molecule has 0 spiro atoms. The predicted molar refractivity (Wildman–Crippen MR) is 49.8 cm³/mol. The van der Waals surface area contributed by atoms with Crippen molar-refractivity contribution in [2.75, 3.05) is 13.1 Å². The van der Waals surface area contributed by atoms with E-state index >= 15 is 0 Å². The summed E-state index contributed by atoms with van der Waals surface area (Å²) in [4.78, 5) is 2.65. The van der Waals surface area contributed by atoms with E-state index in [4.69, 9.17) is 0 Å². The van der Waals surface area contributed by atoms with Crippen molar-refractivity contribution in [1.82, 2.24) is 4.90 Å². The van der Waals surface area contributed by atoms with Crippen molar-refractivity contribution in [3.05, 3.63) is 0 Å². The highest BCUT2D eigenvalue weighted by molar-refractivity contribution is 4.72. The summed E-state index contributed by atoms with van der Waals surface area (Å²) in [5.41, 5.74) is 0. The molecule has 1 saturated heterocycles. The maximum Gasteiger partial charge on any atom is 0.00925 e. The van der Waals surface area contributed by atoms with Crippen molar-refractivity contribution >= 4 is 0 Å². The zero-order valence-corrected chi connectivity index (χ0v) is 7.97. The lowest BCUT2D eigenvalue weighted by Gasteiger charge is -2.27. The zero-order chi connectivity index (χ0) is 8.10. The van der Waals surface area contributed by atoms with Gasteiger partial charge in [0.05, 0.1) is 0 Å². The van der Waals surface area contributed by atoms with E-state index in [0.717, 1.165) is 6.04 Å². The van der Waals surface area contributed by atoms with E-state index in [1.165, 1.54) is 45.2 Å². The van der Waals surface area contributed by atoms with E-state index in [1.54, 1.807) is 0 Å². The van der Waals surface area contributed by atoms with Crippen LogP contribution in [0.25, 0.3) is 0 Å². The minimum atomic E-state index is 0.891. The number of likely N-dealkylation sites (tertiary alicyclic amines) is 1. The highest BCUT2D eigenvalue weighted by Crippen LogP contribution is 2.18. The second kappa shape index (κ2) is 4.76. The largest absolute Gasteiger partial charge is 0.301 e. The second-order valence-electron chi connectivity index (χ2n) is 3.54. The standard InChI is InChI=1S/C10H21N/c1-3-10-8-6-5-7-9-11(10)4-2/h10H,3-9H2,1-2H3. The van der Waals surface area contributed by atoms with Gasteiger partial charge in [-0.3, -0.25) is 0 Å². The fraction of sp³-hybridized carbons (Fsp3) is 1.00. The molecule has 0 radical (unpaired) electrons. The van der Waals surface area contributed by atoms with E-state index in [-0.39, 0.29) is 0 Å². The maximum atomic E-state index is 2.65. The molecule has 11 heavy (non-hydrogen) atoms. The number of rotatable bonds is 2. The van der Waals surface area contributed by atoms with Gasteiger partial charge in [-0.1, -0.05) is 26.7 Å². The molecule has 1 fully saturated rings. The first-order chi connectivity index (χ1) is 5.38. The normalized spacial score (nSPS) is 28.4. The molecule has 0 aromatic rings. The van der Waals surface area contributed by atoms with Crippen molar-refractivity contribution in [1.29, 1.82) is 0 Å². The SMILES string of the molecule is CCC1CCCCCN1CC. The van der Waals surface area contributed by atoms with E-state index < -0.39 is 0 Å². The third kappa shape index (κ3) is 2.48. The van der Waals surface area contributed by atoms with Gasteiger partial charge in [0, 0.05) is 6.04 Å². The summed E-state index contributed by atoms with van der Waals surface area (Å²) >= 11 is 0. The summed E-state index contributed by atoms with van der Waals surface area (Å²) in [5.74, 6) is 0. The average Bonchev–Trinajstić information content (AvgIpc) is 2.27. The Balaban J connectivity index is 2.41. The topological polar surface area (TPSA) is 3.24 Å². The molecule has 66 valence electrons. The van der Waals surface area contributed by atoms with Gasteiger partial charge in [-0.15, -0.1) is 0 Å². The third-order valence-electron chi connectivity index (χ3n) is 2.88. The molecule has 0 aromatic carbocycles. The van der Waals surface area contributed by atoms with Gasteiger partial charge < -0.3 is 4.90 Å². The first-order valence-corrected chi connectivity index (χ1v) is 5.12. The molecule has 0 N–H and O–H groups in total. The molecule has 0 bridgehead atoms. The highest BCUT2D eigenvalue weighted by Gasteiger charge is 2.16. The Bertz CT molecular complexity index is 89.0. The summed E-state index contributed by atoms with van der Waals surface area (Å²) < 4.78 is 0. The molecule has 1 rings (SSSR count). The van der Waals surface area contributed by atoms with Gasteiger partial charge in [-0.05, 0) is 32.4 Å². The van der Waals surface area contributed by atoms with Gasteiger partial charge in [0.1, 0.15) is 0 Å². The van der Waals surface area contributed by atoms with Crippen LogP contribution in [0.5, 0.6) is 0 Å². The van der Waals surface area contributed by atoms with Crippen molar-refractivity contribution in [3.8, 4) is 0 Å². The summed E-state index contributed by atoms with van der Waals surface area (Å²) in [6, 6.07) is 0.891. The molecule has 0 aliphatic carbocycles. The Morgan fingerprint density at radius 2 is 2.00 bits per heavy atom. The van der Waals surface area contributed by atoms with Crippen LogP contribution in [0.15, 0.2) is 0 Å². The van der Waals surface area contributed by atoms with Crippen molar-refractivity contribution in [2.24, 2.45) is 0 Å². The Hall–Kier alpha value is -0.0400. The van der Waals surface area contributed by atoms with Crippen LogP contribution in [0.4, 0.5) is 0 Å². The van der Waals surface area contributed by atoms with Gasteiger partial charge in [0.15, 0.2) is 0 Å². The van der Waals surface area contributed by atoms with Crippen LogP contribution in [0.3, 0.4) is 0 Å². The van der Waals surface area contributed by atoms with E-state index in [1.807, 2.05) is 0 Å².